The molecule has 2 aromatic carbocycles. The topological polar surface area (TPSA) is 95.6 Å². The summed E-state index contributed by atoms with van der Waals surface area (Å²) < 4.78 is 0. The lowest BCUT2D eigenvalue weighted by Crippen LogP contribution is -2.12. The van der Waals surface area contributed by atoms with Gasteiger partial charge in [-0.1, -0.05) is 18.2 Å². The Kier molecular flexibility index (Phi) is 4.22. The molecule has 20 heavy (non-hydrogen) atoms. The molecule has 5 nitrogen and oxygen atoms in total. The Labute approximate surface area is 116 Å². The number of hydrogen-bond acceptors (Lipinski definition) is 4. The van der Waals surface area contributed by atoms with Gasteiger partial charge in [0, 0.05) is 12.3 Å². The van der Waals surface area contributed by atoms with Crippen LogP contribution in [-0.4, -0.2) is 22.7 Å². The number of nitrogens with one attached hydrogen (secondary N) is 1. The van der Waals surface area contributed by atoms with E-state index in [4.69, 9.17) is 10.8 Å². The van der Waals surface area contributed by atoms with Gasteiger partial charge in [0.2, 0.25) is 0 Å². The van der Waals surface area contributed by atoms with Crippen molar-refractivity contribution in [3.63, 3.8) is 0 Å². The first kappa shape index (κ1) is 13.9. The molecule has 0 fully saturated rings. The third-order valence-corrected chi connectivity index (χ3v) is 2.92. The summed E-state index contributed by atoms with van der Waals surface area (Å²) in [7, 11) is 0. The predicted molar refractivity (Wildman–Crippen MR) is 77.7 cm³/mol. The van der Waals surface area contributed by atoms with Crippen LogP contribution in [0.25, 0.3) is 0 Å². The van der Waals surface area contributed by atoms with Crippen LogP contribution in [-0.2, 0) is 6.42 Å². The van der Waals surface area contributed by atoms with Crippen LogP contribution in [0, 0.1) is 0 Å². The summed E-state index contributed by atoms with van der Waals surface area (Å²) in [6.45, 7) is 0.0862. The number of nitrogen functional groups attached to an aromatic ring is 1. The molecular weight excluding hydrogens is 256 g/mol. The number of anilines is 2. The van der Waals surface area contributed by atoms with Gasteiger partial charge in [0.05, 0.1) is 11.3 Å². The fraction of sp³-hybridized carbons (Fsp3) is 0.133. The van der Waals surface area contributed by atoms with E-state index in [1.165, 1.54) is 12.1 Å². The van der Waals surface area contributed by atoms with Gasteiger partial charge >= 0.3 is 0 Å². The number of benzene rings is 2. The Morgan fingerprint density at radius 2 is 1.85 bits per heavy atom. The maximum atomic E-state index is 12.0. The zero-order valence-corrected chi connectivity index (χ0v) is 10.8. The minimum Gasteiger partial charge on any atom is -0.505 e. The number of aliphatic hydroxyl groups is 1. The molecule has 5 N–H and O–H groups in total. The van der Waals surface area contributed by atoms with E-state index in [9.17, 15) is 9.90 Å². The normalized spacial score (nSPS) is 10.2. The first-order valence-corrected chi connectivity index (χ1v) is 6.20. The number of carbonyl (C=O) groups is 1. The maximum Gasteiger partial charge on any atom is 0.259 e. The van der Waals surface area contributed by atoms with Gasteiger partial charge in [0.15, 0.2) is 5.75 Å². The van der Waals surface area contributed by atoms with E-state index in [1.54, 1.807) is 18.2 Å². The largest absolute Gasteiger partial charge is 0.505 e. The highest BCUT2D eigenvalue weighted by Gasteiger charge is 2.12. The minimum absolute atomic E-state index is 0.0862. The summed E-state index contributed by atoms with van der Waals surface area (Å²) in [5.41, 5.74) is 7.44. The molecule has 0 saturated heterocycles. The monoisotopic (exact) mass is 272 g/mol. The van der Waals surface area contributed by atoms with Gasteiger partial charge < -0.3 is 21.3 Å². The number of rotatable bonds is 4. The maximum absolute atomic E-state index is 12.0. The summed E-state index contributed by atoms with van der Waals surface area (Å²) in [6.07, 6.45) is 0.574. The van der Waals surface area contributed by atoms with E-state index < -0.39 is 5.91 Å². The van der Waals surface area contributed by atoms with Crippen LogP contribution in [0.3, 0.4) is 0 Å². The number of amides is 1. The van der Waals surface area contributed by atoms with Crippen LogP contribution >= 0.6 is 0 Å². The van der Waals surface area contributed by atoms with Crippen molar-refractivity contribution in [3.05, 3.63) is 53.6 Å². The molecule has 2 rings (SSSR count). The highest BCUT2D eigenvalue weighted by atomic mass is 16.3. The van der Waals surface area contributed by atoms with Crippen molar-refractivity contribution >= 4 is 17.3 Å². The number of phenolic OH excluding ortho intramolecular Hbond substituents is 1. The fourth-order valence-electron chi connectivity index (χ4n) is 1.83. The van der Waals surface area contributed by atoms with E-state index in [2.05, 4.69) is 5.32 Å². The molecule has 0 unspecified atom stereocenters. The molecule has 0 radical (unpaired) electrons. The number of phenols is 1. The Balaban J connectivity index is 2.13. The highest BCUT2D eigenvalue weighted by molar-refractivity contribution is 6.07. The molecule has 104 valence electrons. The molecule has 0 aromatic heterocycles. The first-order valence-electron chi connectivity index (χ1n) is 6.20. The number of hydrogen-bond donors (Lipinski definition) is 4. The van der Waals surface area contributed by atoms with E-state index >= 15 is 0 Å². The number of aliphatic hydroxyl groups excluding tert-OH is 1. The highest BCUT2D eigenvalue weighted by Crippen LogP contribution is 2.25. The summed E-state index contributed by atoms with van der Waals surface area (Å²) in [5.74, 6) is -0.647. The third-order valence-electron chi connectivity index (χ3n) is 2.92. The second-order valence-corrected chi connectivity index (χ2v) is 4.37. The van der Waals surface area contributed by atoms with E-state index in [-0.39, 0.29) is 23.6 Å². The number of para-hydroxylation sites is 1. The quantitative estimate of drug-likeness (QED) is 0.504. The molecule has 0 atom stereocenters. The Morgan fingerprint density at radius 3 is 2.50 bits per heavy atom. The molecular formula is C15H16N2O3. The van der Waals surface area contributed by atoms with Gasteiger partial charge in [-0.2, -0.15) is 0 Å². The molecule has 0 spiro atoms. The zero-order chi connectivity index (χ0) is 14.5. The van der Waals surface area contributed by atoms with Gasteiger partial charge in [-0.15, -0.1) is 0 Å². The lowest BCUT2D eigenvalue weighted by molar-refractivity contribution is 0.102. The van der Waals surface area contributed by atoms with E-state index in [0.29, 0.717) is 12.1 Å². The summed E-state index contributed by atoms with van der Waals surface area (Å²) >= 11 is 0. The van der Waals surface area contributed by atoms with Gasteiger partial charge in [-0.05, 0) is 36.2 Å². The van der Waals surface area contributed by atoms with Gasteiger partial charge in [0.25, 0.3) is 5.91 Å². The zero-order valence-electron chi connectivity index (χ0n) is 10.8. The standard InChI is InChI=1S/C15H16N2O3/c16-13-3-1-2-12(14(13)19)15(20)17-11-6-4-10(5-7-11)8-9-18/h1-7,18-19H,8-9,16H2,(H,17,20). The van der Waals surface area contributed by atoms with Crippen LogP contribution in [0.4, 0.5) is 11.4 Å². The van der Waals surface area contributed by atoms with Gasteiger partial charge in [-0.3, -0.25) is 4.79 Å². The molecule has 2 aromatic rings. The summed E-state index contributed by atoms with van der Waals surface area (Å²) in [4.78, 5) is 12.0. The molecule has 1 amide bonds. The van der Waals surface area contributed by atoms with Crippen molar-refractivity contribution in [1.29, 1.82) is 0 Å². The van der Waals surface area contributed by atoms with Crippen molar-refractivity contribution < 1.29 is 15.0 Å². The molecule has 5 heteroatoms. The van der Waals surface area contributed by atoms with Crippen LogP contribution in [0.2, 0.25) is 0 Å². The van der Waals surface area contributed by atoms with Crippen molar-refractivity contribution in [2.24, 2.45) is 0 Å². The molecule has 0 saturated carbocycles. The molecule has 0 heterocycles. The van der Waals surface area contributed by atoms with Crippen molar-refractivity contribution in [2.45, 2.75) is 6.42 Å². The van der Waals surface area contributed by atoms with Crippen molar-refractivity contribution in [1.82, 2.24) is 0 Å². The Bertz CT molecular complexity index is 609. The van der Waals surface area contributed by atoms with E-state index in [0.717, 1.165) is 5.56 Å². The minimum atomic E-state index is -0.426. The van der Waals surface area contributed by atoms with Gasteiger partial charge in [-0.25, -0.2) is 0 Å². The first-order chi connectivity index (χ1) is 9.61. The average molecular weight is 272 g/mol. The van der Waals surface area contributed by atoms with E-state index in [1.807, 2.05) is 12.1 Å². The second kappa shape index (κ2) is 6.08. The molecule has 0 aliphatic carbocycles. The molecule has 0 aliphatic heterocycles. The van der Waals surface area contributed by atoms with Crippen molar-refractivity contribution in [2.75, 3.05) is 17.7 Å². The second-order valence-electron chi connectivity index (χ2n) is 4.37. The molecule has 0 aliphatic rings. The lowest BCUT2D eigenvalue weighted by Gasteiger charge is -2.08. The van der Waals surface area contributed by atoms with Crippen LogP contribution < -0.4 is 11.1 Å². The summed E-state index contributed by atoms with van der Waals surface area (Å²) in [6, 6.07) is 11.8. The van der Waals surface area contributed by atoms with Crippen LogP contribution in [0.15, 0.2) is 42.5 Å². The number of aromatic hydroxyl groups is 1. The SMILES string of the molecule is Nc1cccc(C(=O)Nc2ccc(CCO)cc2)c1O. The summed E-state index contributed by atoms with van der Waals surface area (Å²) in [5, 5.41) is 21.3. The van der Waals surface area contributed by atoms with Gasteiger partial charge in [0.1, 0.15) is 0 Å². The van der Waals surface area contributed by atoms with Crippen LogP contribution in [0.1, 0.15) is 15.9 Å². The number of carbonyl (C=O) groups excluding carboxylic acids is 1. The predicted octanol–water partition coefficient (Wildman–Crippen LogP) is 1.76. The lowest BCUT2D eigenvalue weighted by atomic mass is 10.1. The van der Waals surface area contributed by atoms with Crippen LogP contribution in [0.5, 0.6) is 5.75 Å². The van der Waals surface area contributed by atoms with Crippen molar-refractivity contribution in [3.8, 4) is 5.75 Å². The molecule has 0 bridgehead atoms. The Hall–Kier alpha value is -2.53. The Morgan fingerprint density at radius 1 is 1.15 bits per heavy atom. The number of nitrogens with two attached hydrogens (primary N) is 1. The third kappa shape index (κ3) is 3.07. The smallest absolute Gasteiger partial charge is 0.259 e. The average Bonchev–Trinajstić information content (AvgIpc) is 2.44. The fourth-order valence-corrected chi connectivity index (χ4v) is 1.83.